The van der Waals surface area contributed by atoms with Crippen LogP contribution in [0.1, 0.15) is 45.1 Å². The Labute approximate surface area is 195 Å². The van der Waals surface area contributed by atoms with Crippen LogP contribution in [0.2, 0.25) is 0 Å². The molecule has 0 saturated carbocycles. The van der Waals surface area contributed by atoms with Gasteiger partial charge in [0.05, 0.1) is 23.1 Å². The number of benzene rings is 4. The highest BCUT2D eigenvalue weighted by Crippen LogP contribution is 2.41. The molecule has 1 aliphatic heterocycles. The Morgan fingerprint density at radius 3 is 2.06 bits per heavy atom. The van der Waals surface area contributed by atoms with Crippen LogP contribution in [0, 0.1) is 13.8 Å². The van der Waals surface area contributed by atoms with Gasteiger partial charge in [-0.1, -0.05) is 90.0 Å². The van der Waals surface area contributed by atoms with E-state index in [4.69, 9.17) is 4.99 Å². The van der Waals surface area contributed by atoms with Crippen molar-refractivity contribution in [1.82, 2.24) is 0 Å². The van der Waals surface area contributed by atoms with Crippen LogP contribution in [0.3, 0.4) is 0 Å². The number of anilines is 1. The predicted octanol–water partition coefficient (Wildman–Crippen LogP) is 7.22. The van der Waals surface area contributed by atoms with Gasteiger partial charge in [-0.2, -0.15) is 0 Å². The molecular formula is C30H26N2O. The summed E-state index contributed by atoms with van der Waals surface area (Å²) in [7, 11) is 0. The zero-order chi connectivity index (χ0) is 22.8. The molecule has 3 heteroatoms. The Bertz CT molecular complexity index is 1310. The molecule has 0 aromatic heterocycles. The lowest BCUT2D eigenvalue weighted by atomic mass is 9.95. The molecule has 1 amide bonds. The molecule has 4 aromatic rings. The van der Waals surface area contributed by atoms with Crippen LogP contribution < -0.4 is 4.90 Å². The number of carbonyl (C=O) groups excluding carboxylic acids is 1. The topological polar surface area (TPSA) is 32.7 Å². The van der Waals surface area contributed by atoms with Crippen molar-refractivity contribution in [2.75, 3.05) is 4.90 Å². The summed E-state index contributed by atoms with van der Waals surface area (Å²) in [6, 6.07) is 34.3. The first-order valence-electron chi connectivity index (χ1n) is 11.3. The van der Waals surface area contributed by atoms with Crippen LogP contribution in [-0.4, -0.2) is 11.6 Å². The van der Waals surface area contributed by atoms with E-state index in [9.17, 15) is 4.79 Å². The van der Waals surface area contributed by atoms with Gasteiger partial charge >= 0.3 is 0 Å². The number of hydrogen-bond acceptors (Lipinski definition) is 2. The maximum absolute atomic E-state index is 14.0. The third kappa shape index (κ3) is 4.22. The fraction of sp³-hybridized carbons (Fsp3) is 0.133. The average Bonchev–Trinajstić information content (AvgIpc) is 3.02. The minimum absolute atomic E-state index is 0.0170. The second-order valence-electron chi connectivity index (χ2n) is 8.59. The largest absolute Gasteiger partial charge is 0.298 e. The molecule has 0 N–H and O–H groups in total. The maximum atomic E-state index is 14.0. The lowest BCUT2D eigenvalue weighted by Crippen LogP contribution is -2.35. The van der Waals surface area contributed by atoms with Crippen molar-refractivity contribution in [3.8, 4) is 0 Å². The van der Waals surface area contributed by atoms with Crippen molar-refractivity contribution in [2.24, 2.45) is 4.99 Å². The van der Waals surface area contributed by atoms with Gasteiger partial charge in [0.15, 0.2) is 0 Å². The third-order valence-corrected chi connectivity index (χ3v) is 6.18. The van der Waals surface area contributed by atoms with Gasteiger partial charge in [0, 0.05) is 12.0 Å². The van der Waals surface area contributed by atoms with E-state index in [1.54, 1.807) is 0 Å². The lowest BCUT2D eigenvalue weighted by molar-refractivity contribution is 0.0977. The first kappa shape index (κ1) is 20.9. The molecule has 0 bridgehead atoms. The van der Waals surface area contributed by atoms with E-state index in [0.29, 0.717) is 12.0 Å². The van der Waals surface area contributed by atoms with Crippen molar-refractivity contribution in [3.63, 3.8) is 0 Å². The highest BCUT2D eigenvalue weighted by Gasteiger charge is 2.33. The van der Waals surface area contributed by atoms with Gasteiger partial charge in [-0.15, -0.1) is 0 Å². The van der Waals surface area contributed by atoms with Gasteiger partial charge < -0.3 is 0 Å². The molecule has 0 radical (unpaired) electrons. The van der Waals surface area contributed by atoms with E-state index >= 15 is 0 Å². The maximum Gasteiger partial charge on any atom is 0.258 e. The summed E-state index contributed by atoms with van der Waals surface area (Å²) in [5.41, 5.74) is 7.82. The highest BCUT2D eigenvalue weighted by atomic mass is 16.2. The molecule has 3 nitrogen and oxygen atoms in total. The molecule has 1 atom stereocenters. The van der Waals surface area contributed by atoms with Crippen molar-refractivity contribution < 1.29 is 4.79 Å². The Morgan fingerprint density at radius 2 is 1.36 bits per heavy atom. The fourth-order valence-corrected chi connectivity index (χ4v) is 4.35. The van der Waals surface area contributed by atoms with Crippen molar-refractivity contribution in [1.29, 1.82) is 0 Å². The average molecular weight is 431 g/mol. The monoisotopic (exact) mass is 430 g/mol. The number of carbonyl (C=O) groups is 1. The van der Waals surface area contributed by atoms with Gasteiger partial charge in [-0.05, 0) is 49.2 Å². The predicted molar refractivity (Wildman–Crippen MR) is 136 cm³/mol. The summed E-state index contributed by atoms with van der Waals surface area (Å²) in [6.45, 7) is 4.12. The zero-order valence-corrected chi connectivity index (χ0v) is 18.9. The number of rotatable bonds is 3. The molecule has 33 heavy (non-hydrogen) atoms. The first-order chi connectivity index (χ1) is 16.1. The Morgan fingerprint density at radius 1 is 0.758 bits per heavy atom. The number of hydrogen-bond donors (Lipinski definition) is 0. The second-order valence-corrected chi connectivity index (χ2v) is 8.59. The van der Waals surface area contributed by atoms with E-state index in [2.05, 4.69) is 43.3 Å². The van der Waals surface area contributed by atoms with Crippen molar-refractivity contribution >= 4 is 23.0 Å². The Balaban J connectivity index is 1.68. The highest BCUT2D eigenvalue weighted by molar-refractivity contribution is 6.11. The van der Waals surface area contributed by atoms with Crippen LogP contribution in [0.25, 0.3) is 0 Å². The van der Waals surface area contributed by atoms with Crippen LogP contribution in [0.4, 0.5) is 11.4 Å². The van der Waals surface area contributed by atoms with Crippen LogP contribution in [0.5, 0.6) is 0 Å². The molecule has 162 valence electrons. The zero-order valence-electron chi connectivity index (χ0n) is 18.9. The van der Waals surface area contributed by atoms with E-state index in [-0.39, 0.29) is 11.9 Å². The first-order valence-corrected chi connectivity index (χ1v) is 11.3. The number of fused-ring (bicyclic) bond motifs is 1. The van der Waals surface area contributed by atoms with Gasteiger partial charge in [0.25, 0.3) is 5.91 Å². The van der Waals surface area contributed by atoms with Crippen LogP contribution >= 0.6 is 0 Å². The number of para-hydroxylation sites is 2. The summed E-state index contributed by atoms with van der Waals surface area (Å²) < 4.78 is 0. The molecule has 1 heterocycles. The van der Waals surface area contributed by atoms with E-state index < -0.39 is 0 Å². The summed E-state index contributed by atoms with van der Waals surface area (Å²) in [5.74, 6) is -0.0170. The number of aliphatic imine (C=N–C) groups is 1. The van der Waals surface area contributed by atoms with Crippen molar-refractivity contribution in [3.05, 3.63) is 131 Å². The fourth-order valence-electron chi connectivity index (χ4n) is 4.35. The molecule has 1 aliphatic rings. The van der Waals surface area contributed by atoms with Crippen molar-refractivity contribution in [2.45, 2.75) is 26.3 Å². The van der Waals surface area contributed by atoms with Crippen LogP contribution in [-0.2, 0) is 0 Å². The molecule has 0 fully saturated rings. The van der Waals surface area contributed by atoms with E-state index in [0.717, 1.165) is 33.8 Å². The minimum atomic E-state index is -0.177. The normalized spacial score (nSPS) is 15.4. The summed E-state index contributed by atoms with van der Waals surface area (Å²) in [6.07, 6.45) is 0.624. The lowest BCUT2D eigenvalue weighted by Gasteiger charge is -2.32. The van der Waals surface area contributed by atoms with E-state index in [1.165, 1.54) is 5.56 Å². The van der Waals surface area contributed by atoms with Crippen LogP contribution in [0.15, 0.2) is 108 Å². The third-order valence-electron chi connectivity index (χ3n) is 6.18. The number of nitrogens with zero attached hydrogens (tertiary/aromatic N) is 2. The summed E-state index contributed by atoms with van der Waals surface area (Å²) >= 11 is 0. The minimum Gasteiger partial charge on any atom is -0.298 e. The SMILES string of the molecule is Cc1ccc(C(=O)N2c3ccccc3N=C(c3ccc(C)cc3)CC2c2ccccc2)cc1. The smallest absolute Gasteiger partial charge is 0.258 e. The molecule has 5 rings (SSSR count). The Kier molecular flexibility index (Phi) is 5.62. The van der Waals surface area contributed by atoms with Gasteiger partial charge in [0.2, 0.25) is 0 Å². The van der Waals surface area contributed by atoms with Gasteiger partial charge in [0.1, 0.15) is 0 Å². The number of aryl methyl sites for hydroxylation is 2. The molecule has 0 saturated heterocycles. The number of amides is 1. The summed E-state index contributed by atoms with van der Waals surface area (Å²) in [5, 5.41) is 0. The second kappa shape index (κ2) is 8.87. The van der Waals surface area contributed by atoms with Gasteiger partial charge in [-0.3, -0.25) is 14.7 Å². The molecule has 4 aromatic carbocycles. The molecule has 1 unspecified atom stereocenters. The van der Waals surface area contributed by atoms with Gasteiger partial charge in [-0.25, -0.2) is 0 Å². The standard InChI is InChI=1S/C30H26N2O/c1-21-12-16-23(17-13-21)27-20-29(24-8-4-3-5-9-24)32(28-11-7-6-10-26(28)31-27)30(33)25-18-14-22(2)15-19-25/h3-19,29H,20H2,1-2H3. The molecular weight excluding hydrogens is 404 g/mol. The van der Waals surface area contributed by atoms with E-state index in [1.807, 2.05) is 78.6 Å². The quantitative estimate of drug-likeness (QED) is 0.338. The molecule has 0 spiro atoms. The Hall–Kier alpha value is -3.98. The molecule has 0 aliphatic carbocycles. The summed E-state index contributed by atoms with van der Waals surface area (Å²) in [4.78, 5) is 21.0.